The van der Waals surface area contributed by atoms with E-state index in [9.17, 15) is 4.79 Å². The van der Waals surface area contributed by atoms with Crippen molar-refractivity contribution in [2.45, 2.75) is 20.0 Å². The van der Waals surface area contributed by atoms with Gasteiger partial charge in [0.25, 0.3) is 5.91 Å². The Bertz CT molecular complexity index is 695. The first-order valence-electron chi connectivity index (χ1n) is 7.59. The number of amides is 1. The average Bonchev–Trinajstić information content (AvgIpc) is 2.55. The van der Waals surface area contributed by atoms with E-state index in [0.717, 1.165) is 5.75 Å². The van der Waals surface area contributed by atoms with Crippen LogP contribution in [0.1, 0.15) is 24.2 Å². The average molecular weight is 313 g/mol. The van der Waals surface area contributed by atoms with Crippen molar-refractivity contribution in [1.29, 1.82) is 0 Å². The van der Waals surface area contributed by atoms with Crippen molar-refractivity contribution in [3.05, 3.63) is 48.0 Å². The van der Waals surface area contributed by atoms with Crippen molar-refractivity contribution in [1.82, 2.24) is 0 Å². The lowest BCUT2D eigenvalue weighted by atomic mass is 10.2. The van der Waals surface area contributed by atoms with Crippen molar-refractivity contribution in [3.63, 3.8) is 0 Å². The molecule has 0 bridgehead atoms. The monoisotopic (exact) mass is 313 g/mol. The molecule has 1 aliphatic heterocycles. The first kappa shape index (κ1) is 15.2. The molecule has 2 aromatic carbocycles. The molecule has 0 aromatic heterocycles. The first-order chi connectivity index (χ1) is 11.1. The summed E-state index contributed by atoms with van der Waals surface area (Å²) in [6, 6.07) is 12.4. The number of rotatable bonds is 4. The number of carbonyl (C=O) groups excluding carboxylic acids is 1. The largest absolute Gasteiger partial charge is 0.491 e. The number of ether oxygens (including phenoxy) is 3. The van der Waals surface area contributed by atoms with Crippen LogP contribution >= 0.6 is 0 Å². The van der Waals surface area contributed by atoms with Gasteiger partial charge in [-0.25, -0.2) is 0 Å². The highest BCUT2D eigenvalue weighted by Crippen LogP contribution is 2.32. The second kappa shape index (κ2) is 6.60. The highest BCUT2D eigenvalue weighted by molar-refractivity contribution is 6.04. The van der Waals surface area contributed by atoms with Crippen LogP contribution in [-0.4, -0.2) is 25.2 Å². The smallest absolute Gasteiger partial charge is 0.255 e. The molecule has 23 heavy (non-hydrogen) atoms. The quantitative estimate of drug-likeness (QED) is 0.938. The van der Waals surface area contributed by atoms with Crippen LogP contribution in [-0.2, 0) is 0 Å². The summed E-state index contributed by atoms with van der Waals surface area (Å²) in [4.78, 5) is 12.3. The molecule has 0 spiro atoms. The Labute approximate surface area is 135 Å². The van der Waals surface area contributed by atoms with Crippen LogP contribution in [0, 0.1) is 0 Å². The van der Waals surface area contributed by atoms with Crippen molar-refractivity contribution in [2.75, 3.05) is 18.5 Å². The Morgan fingerprint density at radius 2 is 1.74 bits per heavy atom. The lowest BCUT2D eigenvalue weighted by Gasteiger charge is -2.19. The summed E-state index contributed by atoms with van der Waals surface area (Å²) in [5, 5.41) is 2.85. The zero-order chi connectivity index (χ0) is 16.2. The molecule has 1 amide bonds. The molecular formula is C18H19NO4. The lowest BCUT2D eigenvalue weighted by molar-refractivity contribution is 0.102. The second-order valence-corrected chi connectivity index (χ2v) is 5.50. The molecule has 0 saturated heterocycles. The number of benzene rings is 2. The van der Waals surface area contributed by atoms with E-state index < -0.39 is 0 Å². The summed E-state index contributed by atoms with van der Waals surface area (Å²) >= 11 is 0. The Kier molecular flexibility index (Phi) is 4.37. The van der Waals surface area contributed by atoms with Gasteiger partial charge >= 0.3 is 0 Å². The van der Waals surface area contributed by atoms with Gasteiger partial charge in [0.2, 0.25) is 0 Å². The molecule has 1 heterocycles. The van der Waals surface area contributed by atoms with Crippen LogP contribution in [0.4, 0.5) is 5.69 Å². The summed E-state index contributed by atoms with van der Waals surface area (Å²) < 4.78 is 16.5. The minimum absolute atomic E-state index is 0.104. The number of nitrogens with one attached hydrogen (secondary N) is 1. The molecular weight excluding hydrogens is 294 g/mol. The minimum Gasteiger partial charge on any atom is -0.491 e. The maximum atomic E-state index is 12.3. The predicted octanol–water partition coefficient (Wildman–Crippen LogP) is 3.50. The molecule has 0 atom stereocenters. The third-order valence-electron chi connectivity index (χ3n) is 3.29. The molecule has 5 heteroatoms. The van der Waals surface area contributed by atoms with Crippen LogP contribution in [0.25, 0.3) is 0 Å². The van der Waals surface area contributed by atoms with E-state index in [0.29, 0.717) is 36.0 Å². The van der Waals surface area contributed by atoms with Gasteiger partial charge in [-0.05, 0) is 50.2 Å². The van der Waals surface area contributed by atoms with Crippen LogP contribution in [0.3, 0.4) is 0 Å². The van der Waals surface area contributed by atoms with Gasteiger partial charge in [0.15, 0.2) is 11.5 Å². The van der Waals surface area contributed by atoms with E-state index in [-0.39, 0.29) is 12.0 Å². The molecule has 1 aliphatic rings. The molecule has 0 saturated carbocycles. The molecule has 0 unspecified atom stereocenters. The van der Waals surface area contributed by atoms with Gasteiger partial charge in [-0.2, -0.15) is 0 Å². The van der Waals surface area contributed by atoms with Gasteiger partial charge in [0.1, 0.15) is 19.0 Å². The number of anilines is 1. The lowest BCUT2D eigenvalue weighted by Crippen LogP contribution is -2.16. The van der Waals surface area contributed by atoms with Crippen molar-refractivity contribution < 1.29 is 19.0 Å². The number of carbonyl (C=O) groups is 1. The Morgan fingerprint density at radius 3 is 2.43 bits per heavy atom. The van der Waals surface area contributed by atoms with Crippen molar-refractivity contribution >= 4 is 11.6 Å². The van der Waals surface area contributed by atoms with E-state index in [2.05, 4.69) is 5.32 Å². The fourth-order valence-electron chi connectivity index (χ4n) is 2.28. The maximum absolute atomic E-state index is 12.3. The molecule has 5 nitrogen and oxygen atoms in total. The predicted molar refractivity (Wildman–Crippen MR) is 87.6 cm³/mol. The molecule has 0 aliphatic carbocycles. The van der Waals surface area contributed by atoms with E-state index in [4.69, 9.17) is 14.2 Å². The third-order valence-corrected chi connectivity index (χ3v) is 3.29. The van der Waals surface area contributed by atoms with Gasteiger partial charge in [0.05, 0.1) is 6.10 Å². The van der Waals surface area contributed by atoms with E-state index in [1.54, 1.807) is 42.5 Å². The minimum atomic E-state index is -0.183. The molecule has 2 aromatic rings. The number of hydrogen-bond acceptors (Lipinski definition) is 4. The zero-order valence-corrected chi connectivity index (χ0v) is 13.2. The number of hydrogen-bond donors (Lipinski definition) is 1. The molecule has 0 fully saturated rings. The Morgan fingerprint density at radius 1 is 1.04 bits per heavy atom. The summed E-state index contributed by atoms with van der Waals surface area (Å²) in [6.45, 7) is 4.98. The van der Waals surface area contributed by atoms with E-state index in [1.807, 2.05) is 13.8 Å². The first-order valence-corrected chi connectivity index (χ1v) is 7.59. The second-order valence-electron chi connectivity index (χ2n) is 5.50. The normalized spacial score (nSPS) is 12.8. The van der Waals surface area contributed by atoms with Gasteiger partial charge in [0, 0.05) is 17.3 Å². The standard InChI is InChI=1S/C18H19NO4/c1-12(2)23-15-6-3-13(4-7-15)18(20)19-14-5-8-16-17(11-14)22-10-9-21-16/h3-8,11-12H,9-10H2,1-2H3,(H,19,20). The van der Waals surface area contributed by atoms with Gasteiger partial charge in [-0.3, -0.25) is 4.79 Å². The van der Waals surface area contributed by atoms with Crippen molar-refractivity contribution in [2.24, 2.45) is 0 Å². The number of fused-ring (bicyclic) bond motifs is 1. The molecule has 0 radical (unpaired) electrons. The molecule has 3 rings (SSSR count). The summed E-state index contributed by atoms with van der Waals surface area (Å²) in [5.41, 5.74) is 1.23. The van der Waals surface area contributed by atoms with Crippen LogP contribution < -0.4 is 19.5 Å². The fraction of sp³-hybridized carbons (Fsp3) is 0.278. The summed E-state index contributed by atoms with van der Waals surface area (Å²) in [6.07, 6.45) is 0.104. The SMILES string of the molecule is CC(C)Oc1ccc(C(=O)Nc2ccc3c(c2)OCCO3)cc1. The third kappa shape index (κ3) is 3.74. The Hall–Kier alpha value is -2.69. The van der Waals surface area contributed by atoms with Crippen LogP contribution in [0.5, 0.6) is 17.2 Å². The topological polar surface area (TPSA) is 56.8 Å². The highest BCUT2D eigenvalue weighted by Gasteiger charge is 2.13. The Balaban J connectivity index is 1.69. The summed E-state index contributed by atoms with van der Waals surface area (Å²) in [7, 11) is 0. The van der Waals surface area contributed by atoms with E-state index >= 15 is 0 Å². The van der Waals surface area contributed by atoms with Crippen LogP contribution in [0.15, 0.2) is 42.5 Å². The molecule has 120 valence electrons. The fourth-order valence-corrected chi connectivity index (χ4v) is 2.28. The highest BCUT2D eigenvalue weighted by atomic mass is 16.6. The van der Waals surface area contributed by atoms with E-state index in [1.165, 1.54) is 0 Å². The van der Waals surface area contributed by atoms with Gasteiger partial charge in [-0.1, -0.05) is 0 Å². The van der Waals surface area contributed by atoms with Gasteiger partial charge in [-0.15, -0.1) is 0 Å². The van der Waals surface area contributed by atoms with Crippen molar-refractivity contribution in [3.8, 4) is 17.2 Å². The summed E-state index contributed by atoms with van der Waals surface area (Å²) in [5.74, 6) is 1.91. The maximum Gasteiger partial charge on any atom is 0.255 e. The van der Waals surface area contributed by atoms with Gasteiger partial charge < -0.3 is 19.5 Å². The zero-order valence-electron chi connectivity index (χ0n) is 13.2. The molecule has 1 N–H and O–H groups in total. The van der Waals surface area contributed by atoms with Crippen LogP contribution in [0.2, 0.25) is 0 Å².